The Balaban J connectivity index is 2.06. The van der Waals surface area contributed by atoms with Crippen molar-refractivity contribution in [3.05, 3.63) is 65.0 Å². The van der Waals surface area contributed by atoms with E-state index in [1.165, 1.54) is 10.6 Å². The van der Waals surface area contributed by atoms with E-state index in [0.717, 1.165) is 0 Å². The van der Waals surface area contributed by atoms with Gasteiger partial charge in [-0.3, -0.25) is 9.78 Å². The predicted molar refractivity (Wildman–Crippen MR) is 91.2 cm³/mol. The Labute approximate surface area is 138 Å². The number of aromatic nitrogens is 2. The second kappa shape index (κ2) is 6.91. The van der Waals surface area contributed by atoms with Crippen molar-refractivity contribution in [3.63, 3.8) is 0 Å². The van der Waals surface area contributed by atoms with Gasteiger partial charge in [-0.2, -0.15) is 0 Å². The van der Waals surface area contributed by atoms with Crippen LogP contribution in [0.25, 0.3) is 22.0 Å². The lowest BCUT2D eigenvalue weighted by atomic mass is 10.0. The average Bonchev–Trinajstić information content (AvgIpc) is 2.58. The highest BCUT2D eigenvalue weighted by molar-refractivity contribution is 5.86. The fraction of sp³-hybridized carbons (Fsp3) is 0.263. The molecule has 2 aromatic heterocycles. The van der Waals surface area contributed by atoms with Gasteiger partial charge in [-0.15, -0.1) is 0 Å². The van der Waals surface area contributed by atoms with Gasteiger partial charge in [0.2, 0.25) is 0 Å². The molecule has 0 amide bonds. The highest BCUT2D eigenvalue weighted by Crippen LogP contribution is 2.25. The molecule has 0 bridgehead atoms. The van der Waals surface area contributed by atoms with Gasteiger partial charge in [0.05, 0.1) is 17.6 Å². The van der Waals surface area contributed by atoms with Crippen LogP contribution in [0.15, 0.2) is 53.6 Å². The van der Waals surface area contributed by atoms with Crippen molar-refractivity contribution >= 4 is 10.8 Å². The SMILES string of the molecule is CCCC(F)Cn1ccc2cc(-c3ccccn3)c(F)cc2c1=O. The largest absolute Gasteiger partial charge is 0.312 e. The molecule has 124 valence electrons. The van der Waals surface area contributed by atoms with Crippen LogP contribution in [0.2, 0.25) is 0 Å². The van der Waals surface area contributed by atoms with Crippen LogP contribution in [0.4, 0.5) is 8.78 Å². The number of nitrogens with zero attached hydrogens (tertiary/aromatic N) is 2. The van der Waals surface area contributed by atoms with Crippen molar-refractivity contribution in [2.24, 2.45) is 0 Å². The Hall–Kier alpha value is -2.56. The van der Waals surface area contributed by atoms with E-state index in [1.54, 1.807) is 42.7 Å². The molecule has 0 spiro atoms. The second-order valence-electron chi connectivity index (χ2n) is 5.79. The van der Waals surface area contributed by atoms with Crippen molar-refractivity contribution in [3.8, 4) is 11.3 Å². The Morgan fingerprint density at radius 1 is 1.25 bits per heavy atom. The predicted octanol–water partition coefficient (Wildman–Crippen LogP) is 4.34. The number of rotatable bonds is 5. The summed E-state index contributed by atoms with van der Waals surface area (Å²) >= 11 is 0. The van der Waals surface area contributed by atoms with Gasteiger partial charge < -0.3 is 4.57 Å². The van der Waals surface area contributed by atoms with Crippen LogP contribution < -0.4 is 5.56 Å². The summed E-state index contributed by atoms with van der Waals surface area (Å²) in [6.45, 7) is 1.89. The lowest BCUT2D eigenvalue weighted by Crippen LogP contribution is -2.24. The molecule has 3 aromatic rings. The molecule has 3 nitrogen and oxygen atoms in total. The highest BCUT2D eigenvalue weighted by atomic mass is 19.1. The van der Waals surface area contributed by atoms with Gasteiger partial charge in [0.25, 0.3) is 5.56 Å². The number of benzene rings is 1. The van der Waals surface area contributed by atoms with Gasteiger partial charge in [0.15, 0.2) is 0 Å². The first kappa shape index (κ1) is 16.3. The Kier molecular flexibility index (Phi) is 4.69. The molecule has 0 radical (unpaired) electrons. The number of fused-ring (bicyclic) bond motifs is 1. The van der Waals surface area contributed by atoms with E-state index in [0.29, 0.717) is 29.5 Å². The van der Waals surface area contributed by atoms with Crippen LogP contribution >= 0.6 is 0 Å². The molecule has 3 rings (SSSR count). The van der Waals surface area contributed by atoms with Gasteiger partial charge >= 0.3 is 0 Å². The van der Waals surface area contributed by atoms with Crippen molar-refractivity contribution in [2.75, 3.05) is 0 Å². The molecule has 0 fully saturated rings. The molecule has 0 aliphatic carbocycles. The minimum atomic E-state index is -1.08. The molecule has 1 unspecified atom stereocenters. The minimum absolute atomic E-state index is 0.00771. The Morgan fingerprint density at radius 2 is 2.08 bits per heavy atom. The van der Waals surface area contributed by atoms with Crippen LogP contribution in [0, 0.1) is 5.82 Å². The molecule has 0 aliphatic heterocycles. The zero-order valence-corrected chi connectivity index (χ0v) is 13.4. The summed E-state index contributed by atoms with van der Waals surface area (Å²) in [5.74, 6) is -0.513. The smallest absolute Gasteiger partial charge is 0.258 e. The van der Waals surface area contributed by atoms with E-state index < -0.39 is 12.0 Å². The van der Waals surface area contributed by atoms with Gasteiger partial charge in [-0.25, -0.2) is 8.78 Å². The number of alkyl halides is 1. The van der Waals surface area contributed by atoms with E-state index in [2.05, 4.69) is 4.98 Å². The maximum Gasteiger partial charge on any atom is 0.258 e. The van der Waals surface area contributed by atoms with Crippen LogP contribution in [0.3, 0.4) is 0 Å². The van der Waals surface area contributed by atoms with Crippen molar-refractivity contribution in [1.29, 1.82) is 0 Å². The first-order valence-electron chi connectivity index (χ1n) is 7.98. The summed E-state index contributed by atoms with van der Waals surface area (Å²) in [4.78, 5) is 16.6. The van der Waals surface area contributed by atoms with Crippen LogP contribution in [0.5, 0.6) is 0 Å². The third kappa shape index (κ3) is 3.20. The number of pyridine rings is 2. The molecule has 1 aromatic carbocycles. The summed E-state index contributed by atoms with van der Waals surface area (Å²) in [5, 5.41) is 0.864. The highest BCUT2D eigenvalue weighted by Gasteiger charge is 2.13. The summed E-state index contributed by atoms with van der Waals surface area (Å²) in [7, 11) is 0. The van der Waals surface area contributed by atoms with Gasteiger partial charge in [0, 0.05) is 18.0 Å². The first-order chi connectivity index (χ1) is 11.6. The molecule has 0 aliphatic rings. The van der Waals surface area contributed by atoms with Crippen molar-refractivity contribution < 1.29 is 8.78 Å². The first-order valence-corrected chi connectivity index (χ1v) is 7.98. The maximum absolute atomic E-state index is 14.4. The van der Waals surface area contributed by atoms with Crippen LogP contribution in [-0.4, -0.2) is 15.7 Å². The zero-order valence-electron chi connectivity index (χ0n) is 13.4. The zero-order chi connectivity index (χ0) is 17.1. The third-order valence-corrected chi connectivity index (χ3v) is 4.00. The summed E-state index contributed by atoms with van der Waals surface area (Å²) in [5.41, 5.74) is 0.472. The van der Waals surface area contributed by atoms with E-state index in [1.807, 2.05) is 6.92 Å². The molecule has 0 saturated heterocycles. The van der Waals surface area contributed by atoms with Crippen LogP contribution in [-0.2, 0) is 6.54 Å². The van der Waals surface area contributed by atoms with E-state index in [9.17, 15) is 13.6 Å². The Bertz CT molecular complexity index is 906. The molecule has 5 heteroatoms. The quantitative estimate of drug-likeness (QED) is 0.698. The average molecular weight is 328 g/mol. The van der Waals surface area contributed by atoms with Crippen molar-refractivity contribution in [2.45, 2.75) is 32.5 Å². The minimum Gasteiger partial charge on any atom is -0.312 e. The Morgan fingerprint density at radius 3 is 2.79 bits per heavy atom. The van der Waals surface area contributed by atoms with E-state index >= 15 is 0 Å². The van der Waals surface area contributed by atoms with Crippen LogP contribution in [0.1, 0.15) is 19.8 Å². The normalized spacial score (nSPS) is 12.5. The van der Waals surface area contributed by atoms with E-state index in [-0.39, 0.29) is 17.5 Å². The van der Waals surface area contributed by atoms with Crippen molar-refractivity contribution in [1.82, 2.24) is 9.55 Å². The second-order valence-corrected chi connectivity index (χ2v) is 5.79. The summed E-state index contributed by atoms with van der Waals surface area (Å²) < 4.78 is 29.5. The standard InChI is InChI=1S/C19H18F2N2O/c1-2-5-14(20)12-23-9-7-13-10-16(18-6-3-4-8-22-18)17(21)11-15(13)19(23)24/h3-4,6-11,14H,2,5,12H2,1H3. The number of hydrogen-bond donors (Lipinski definition) is 0. The number of hydrogen-bond acceptors (Lipinski definition) is 2. The molecule has 0 saturated carbocycles. The fourth-order valence-electron chi connectivity index (χ4n) is 2.79. The molecule has 2 heterocycles. The fourth-order valence-corrected chi connectivity index (χ4v) is 2.79. The van der Waals surface area contributed by atoms with Gasteiger partial charge in [-0.1, -0.05) is 19.4 Å². The molecule has 0 N–H and O–H groups in total. The third-order valence-electron chi connectivity index (χ3n) is 4.00. The molecule has 1 atom stereocenters. The molecule has 24 heavy (non-hydrogen) atoms. The van der Waals surface area contributed by atoms with Gasteiger partial charge in [-0.05, 0) is 42.1 Å². The summed E-state index contributed by atoms with van der Waals surface area (Å²) in [6.07, 6.45) is 3.19. The monoisotopic (exact) mass is 328 g/mol. The lowest BCUT2D eigenvalue weighted by molar-refractivity contribution is 0.274. The molecular weight excluding hydrogens is 310 g/mol. The number of halogens is 2. The van der Waals surface area contributed by atoms with E-state index in [4.69, 9.17) is 0 Å². The molecular formula is C19H18F2N2O. The maximum atomic E-state index is 14.4. The summed E-state index contributed by atoms with van der Waals surface area (Å²) in [6, 6.07) is 9.78. The van der Waals surface area contributed by atoms with Gasteiger partial charge in [0.1, 0.15) is 12.0 Å². The topological polar surface area (TPSA) is 34.9 Å². The lowest BCUT2D eigenvalue weighted by Gasteiger charge is -2.11.